The zero-order chi connectivity index (χ0) is 14.0. The van der Waals surface area contributed by atoms with Crippen LogP contribution in [-0.2, 0) is 11.3 Å². The lowest BCUT2D eigenvalue weighted by molar-refractivity contribution is -0.141. The number of amides is 2. The SMILES string of the molecule is CCn1cc(NC(=O)N2C[C@@H](O)C[C@H]2C(=O)O)cn1. The largest absolute Gasteiger partial charge is 0.480 e. The van der Waals surface area contributed by atoms with Crippen LogP contribution in [0.3, 0.4) is 0 Å². The van der Waals surface area contributed by atoms with Gasteiger partial charge >= 0.3 is 12.0 Å². The quantitative estimate of drug-likeness (QED) is 0.712. The van der Waals surface area contributed by atoms with Gasteiger partial charge in [-0.1, -0.05) is 0 Å². The molecule has 2 atom stereocenters. The van der Waals surface area contributed by atoms with Crippen LogP contribution in [0, 0.1) is 0 Å². The number of carboxylic acids is 1. The van der Waals surface area contributed by atoms with E-state index < -0.39 is 24.1 Å². The summed E-state index contributed by atoms with van der Waals surface area (Å²) in [5.41, 5.74) is 0.498. The lowest BCUT2D eigenvalue weighted by Crippen LogP contribution is -2.43. The minimum absolute atomic E-state index is 0.0186. The third kappa shape index (κ3) is 2.84. The van der Waals surface area contributed by atoms with Crippen molar-refractivity contribution >= 4 is 17.7 Å². The van der Waals surface area contributed by atoms with Gasteiger partial charge in [-0.25, -0.2) is 9.59 Å². The summed E-state index contributed by atoms with van der Waals surface area (Å²) in [6.45, 7) is 2.61. The maximum absolute atomic E-state index is 12.0. The highest BCUT2D eigenvalue weighted by Crippen LogP contribution is 2.19. The van der Waals surface area contributed by atoms with Crippen molar-refractivity contribution in [1.82, 2.24) is 14.7 Å². The van der Waals surface area contributed by atoms with Gasteiger partial charge in [0.05, 0.1) is 18.0 Å². The molecule has 1 fully saturated rings. The van der Waals surface area contributed by atoms with Crippen LogP contribution in [0.5, 0.6) is 0 Å². The van der Waals surface area contributed by atoms with Crippen molar-refractivity contribution in [2.24, 2.45) is 0 Å². The first kappa shape index (κ1) is 13.3. The van der Waals surface area contributed by atoms with Gasteiger partial charge in [-0.3, -0.25) is 4.68 Å². The second kappa shape index (κ2) is 5.27. The molecule has 1 aliphatic heterocycles. The van der Waals surface area contributed by atoms with Gasteiger partial charge in [-0.05, 0) is 6.92 Å². The molecule has 0 saturated carbocycles. The number of nitrogens with one attached hydrogen (secondary N) is 1. The minimum Gasteiger partial charge on any atom is -0.480 e. The molecule has 104 valence electrons. The number of urea groups is 1. The van der Waals surface area contributed by atoms with Gasteiger partial charge in [-0.2, -0.15) is 5.10 Å². The summed E-state index contributed by atoms with van der Waals surface area (Å²) in [7, 11) is 0. The Kier molecular flexibility index (Phi) is 3.70. The molecule has 0 radical (unpaired) electrons. The molecular weight excluding hydrogens is 252 g/mol. The molecule has 3 N–H and O–H groups in total. The number of β-amino-alcohol motifs (C(OH)–C–C–N with tert-alkyl or cyclic N) is 1. The van der Waals surface area contributed by atoms with E-state index in [1.165, 1.54) is 6.20 Å². The standard InChI is InChI=1S/C11H16N4O4/c1-2-14-5-7(4-12-14)13-11(19)15-6-8(16)3-9(15)10(17)18/h4-5,8-9,16H,2-3,6H2,1H3,(H,13,19)(H,17,18)/t8-,9-/m0/s1. The highest BCUT2D eigenvalue weighted by molar-refractivity contribution is 5.92. The van der Waals surface area contributed by atoms with Crippen LogP contribution in [0.2, 0.25) is 0 Å². The van der Waals surface area contributed by atoms with E-state index in [0.29, 0.717) is 12.2 Å². The lowest BCUT2D eigenvalue weighted by Gasteiger charge is -2.20. The lowest BCUT2D eigenvalue weighted by atomic mass is 10.2. The number of carbonyl (C=O) groups is 2. The fraction of sp³-hybridized carbons (Fsp3) is 0.545. The van der Waals surface area contributed by atoms with Crippen LogP contribution in [0.1, 0.15) is 13.3 Å². The summed E-state index contributed by atoms with van der Waals surface area (Å²) in [5, 5.41) is 25.1. The Hall–Kier alpha value is -2.09. The van der Waals surface area contributed by atoms with Crippen molar-refractivity contribution in [1.29, 1.82) is 0 Å². The van der Waals surface area contributed by atoms with E-state index in [4.69, 9.17) is 5.11 Å². The first-order chi connectivity index (χ1) is 9.01. The third-order valence-corrected chi connectivity index (χ3v) is 3.03. The van der Waals surface area contributed by atoms with Crippen LogP contribution < -0.4 is 5.32 Å². The zero-order valence-corrected chi connectivity index (χ0v) is 10.5. The Morgan fingerprint density at radius 1 is 1.58 bits per heavy atom. The number of hydrogen-bond acceptors (Lipinski definition) is 4. The van der Waals surface area contributed by atoms with Gasteiger partial charge < -0.3 is 20.4 Å². The molecule has 1 saturated heterocycles. The van der Waals surface area contributed by atoms with Gasteiger partial charge in [0.25, 0.3) is 0 Å². The number of aromatic nitrogens is 2. The second-order valence-corrected chi connectivity index (χ2v) is 4.41. The average Bonchev–Trinajstić information content (AvgIpc) is 2.95. The average molecular weight is 268 g/mol. The maximum Gasteiger partial charge on any atom is 0.326 e. The van der Waals surface area contributed by atoms with Crippen molar-refractivity contribution in [2.45, 2.75) is 32.0 Å². The molecule has 0 bridgehead atoms. The molecule has 0 aromatic carbocycles. The maximum atomic E-state index is 12.0. The summed E-state index contributed by atoms with van der Waals surface area (Å²) in [5.74, 6) is -1.11. The van der Waals surface area contributed by atoms with Crippen LogP contribution in [0.25, 0.3) is 0 Å². The van der Waals surface area contributed by atoms with E-state index >= 15 is 0 Å². The van der Waals surface area contributed by atoms with Crippen molar-refractivity contribution in [3.05, 3.63) is 12.4 Å². The Balaban J connectivity index is 2.04. The molecular formula is C11H16N4O4. The molecule has 1 aromatic heterocycles. The molecule has 0 aliphatic carbocycles. The Morgan fingerprint density at radius 3 is 2.89 bits per heavy atom. The first-order valence-electron chi connectivity index (χ1n) is 6.02. The molecule has 2 amide bonds. The molecule has 1 aliphatic rings. The van der Waals surface area contributed by atoms with Crippen molar-refractivity contribution in [2.75, 3.05) is 11.9 Å². The minimum atomic E-state index is -1.11. The van der Waals surface area contributed by atoms with Gasteiger partial charge in [0.1, 0.15) is 6.04 Å². The topological polar surface area (TPSA) is 108 Å². The smallest absolute Gasteiger partial charge is 0.326 e. The number of likely N-dealkylation sites (tertiary alicyclic amines) is 1. The molecule has 2 heterocycles. The van der Waals surface area contributed by atoms with E-state index in [-0.39, 0.29) is 13.0 Å². The summed E-state index contributed by atoms with van der Waals surface area (Å²) in [4.78, 5) is 24.1. The van der Waals surface area contributed by atoms with Crippen molar-refractivity contribution in [3.8, 4) is 0 Å². The van der Waals surface area contributed by atoms with Crippen molar-refractivity contribution in [3.63, 3.8) is 0 Å². The monoisotopic (exact) mass is 268 g/mol. The molecule has 2 rings (SSSR count). The Labute approximate surface area is 109 Å². The van der Waals surface area contributed by atoms with Gasteiger partial charge in [0, 0.05) is 25.7 Å². The highest BCUT2D eigenvalue weighted by Gasteiger charge is 2.39. The van der Waals surface area contributed by atoms with Crippen LogP contribution in [0.15, 0.2) is 12.4 Å². The first-order valence-corrected chi connectivity index (χ1v) is 6.02. The highest BCUT2D eigenvalue weighted by atomic mass is 16.4. The Morgan fingerprint density at radius 2 is 2.32 bits per heavy atom. The van der Waals surface area contributed by atoms with Crippen molar-refractivity contribution < 1.29 is 19.8 Å². The van der Waals surface area contributed by atoms with Crippen LogP contribution in [-0.4, -0.2) is 55.6 Å². The van der Waals surface area contributed by atoms with Gasteiger partial charge in [0.15, 0.2) is 0 Å². The second-order valence-electron chi connectivity index (χ2n) is 4.41. The van der Waals surface area contributed by atoms with E-state index in [9.17, 15) is 14.7 Å². The van der Waals surface area contributed by atoms with Crippen LogP contribution in [0.4, 0.5) is 10.5 Å². The van der Waals surface area contributed by atoms with E-state index in [2.05, 4.69) is 10.4 Å². The normalized spacial score (nSPS) is 22.5. The molecule has 0 spiro atoms. The number of aliphatic carboxylic acids is 1. The van der Waals surface area contributed by atoms with E-state index in [1.54, 1.807) is 10.9 Å². The fourth-order valence-electron chi connectivity index (χ4n) is 2.07. The number of rotatable bonds is 3. The molecule has 1 aromatic rings. The van der Waals surface area contributed by atoms with Crippen LogP contribution >= 0.6 is 0 Å². The number of nitrogens with zero attached hydrogens (tertiary/aromatic N) is 3. The zero-order valence-electron chi connectivity index (χ0n) is 10.5. The number of aliphatic hydroxyl groups is 1. The molecule has 0 unspecified atom stereocenters. The predicted octanol–water partition coefficient (Wildman–Crippen LogP) is -0.0453. The molecule has 8 nitrogen and oxygen atoms in total. The predicted molar refractivity (Wildman–Crippen MR) is 65.7 cm³/mol. The molecule has 19 heavy (non-hydrogen) atoms. The fourth-order valence-corrected chi connectivity index (χ4v) is 2.07. The number of aryl methyl sites for hydroxylation is 1. The van der Waals surface area contributed by atoms with Gasteiger partial charge in [-0.15, -0.1) is 0 Å². The van der Waals surface area contributed by atoms with E-state index in [1.807, 2.05) is 6.92 Å². The number of aliphatic hydroxyl groups excluding tert-OH is 1. The molecule has 8 heteroatoms. The number of carboxylic acid groups (broad SMARTS) is 1. The third-order valence-electron chi connectivity index (χ3n) is 3.03. The summed E-state index contributed by atoms with van der Waals surface area (Å²) in [6, 6.07) is -1.53. The summed E-state index contributed by atoms with van der Waals surface area (Å²) in [6.07, 6.45) is 2.39. The summed E-state index contributed by atoms with van der Waals surface area (Å²) >= 11 is 0. The number of anilines is 1. The summed E-state index contributed by atoms with van der Waals surface area (Å²) < 4.78 is 1.64. The van der Waals surface area contributed by atoms with Gasteiger partial charge in [0.2, 0.25) is 0 Å². The number of carbonyl (C=O) groups excluding carboxylic acids is 1. The van der Waals surface area contributed by atoms with E-state index in [0.717, 1.165) is 4.90 Å². The number of hydrogen-bond donors (Lipinski definition) is 3. The Bertz CT molecular complexity index is 487.